The zero-order valence-corrected chi connectivity index (χ0v) is 26.8. The number of ether oxygens (including phenoxy) is 2. The molecule has 0 amide bonds. The Morgan fingerprint density at radius 1 is 1.00 bits per heavy atom. The Morgan fingerprint density at radius 2 is 1.73 bits per heavy atom. The van der Waals surface area contributed by atoms with Gasteiger partial charge in [-0.1, -0.05) is 73.3 Å². The summed E-state index contributed by atoms with van der Waals surface area (Å²) < 4.78 is 38.4. The van der Waals surface area contributed by atoms with Gasteiger partial charge in [-0.25, -0.2) is 22.3 Å². The molecule has 1 saturated carbocycles. The van der Waals surface area contributed by atoms with Crippen molar-refractivity contribution in [1.29, 1.82) is 0 Å². The normalized spacial score (nSPS) is 16.8. The van der Waals surface area contributed by atoms with Crippen molar-refractivity contribution in [3.8, 4) is 16.2 Å². The molecular weight excluding hydrogens is 624 g/mol. The summed E-state index contributed by atoms with van der Waals surface area (Å²) in [5, 5.41) is 13.4. The van der Waals surface area contributed by atoms with Gasteiger partial charge in [0, 0.05) is 24.8 Å². The van der Waals surface area contributed by atoms with Gasteiger partial charge in [-0.15, -0.1) is 11.3 Å². The molecule has 236 valence electrons. The van der Waals surface area contributed by atoms with Crippen LogP contribution in [0.5, 0.6) is 5.75 Å². The number of sulfonamides is 1. The van der Waals surface area contributed by atoms with Gasteiger partial charge >= 0.3 is 11.9 Å². The van der Waals surface area contributed by atoms with Gasteiger partial charge in [0.25, 0.3) is 0 Å². The molecule has 3 aromatic rings. The summed E-state index contributed by atoms with van der Waals surface area (Å²) >= 11 is 7.62. The highest BCUT2D eigenvalue weighted by atomic mass is 35.5. The van der Waals surface area contributed by atoms with Crippen LogP contribution in [0.15, 0.2) is 54.6 Å². The third-order valence-corrected chi connectivity index (χ3v) is 11.6. The molecule has 9 nitrogen and oxygen atoms in total. The number of carboxylic acids is 1. The molecule has 1 aromatic heterocycles. The first-order valence-corrected chi connectivity index (χ1v) is 17.7. The maximum atomic E-state index is 12.9. The highest BCUT2D eigenvalue weighted by Gasteiger charge is 2.29. The predicted octanol–water partition coefficient (Wildman–Crippen LogP) is 6.68. The van der Waals surface area contributed by atoms with Crippen LogP contribution >= 0.6 is 22.9 Å². The number of nitrogens with one attached hydrogen (secondary N) is 1. The second-order valence-corrected chi connectivity index (χ2v) is 14.7. The Kier molecular flexibility index (Phi) is 10.8. The molecule has 1 aliphatic heterocycles. The Labute approximate surface area is 267 Å². The van der Waals surface area contributed by atoms with Crippen LogP contribution in [-0.4, -0.2) is 62.1 Å². The van der Waals surface area contributed by atoms with Crippen LogP contribution in [0.1, 0.15) is 60.2 Å². The van der Waals surface area contributed by atoms with Crippen molar-refractivity contribution in [3.05, 3.63) is 70.1 Å². The lowest BCUT2D eigenvalue weighted by Crippen LogP contribution is -2.42. The molecule has 44 heavy (non-hydrogen) atoms. The van der Waals surface area contributed by atoms with E-state index in [1.807, 2.05) is 54.6 Å². The number of thiophene rings is 1. The first kappa shape index (κ1) is 32.3. The van der Waals surface area contributed by atoms with Crippen LogP contribution < -0.4 is 10.1 Å². The average molecular weight is 661 g/mol. The number of hydrogen-bond acceptors (Lipinski definition) is 8. The van der Waals surface area contributed by atoms with Crippen molar-refractivity contribution in [1.82, 2.24) is 4.31 Å². The quantitative estimate of drug-likeness (QED) is 0.207. The average Bonchev–Trinajstić information content (AvgIpc) is 3.36. The zero-order valence-electron chi connectivity index (χ0n) is 24.4. The van der Waals surface area contributed by atoms with E-state index >= 15 is 0 Å². The van der Waals surface area contributed by atoms with E-state index in [0.29, 0.717) is 48.9 Å². The molecule has 0 unspecified atom stereocenters. The number of carbonyl (C=O) groups is 2. The number of carbonyl (C=O) groups excluding carboxylic acids is 1. The second-order valence-electron chi connectivity index (χ2n) is 11.3. The summed E-state index contributed by atoms with van der Waals surface area (Å²) in [6, 6.07) is 16.7. The van der Waals surface area contributed by atoms with Crippen molar-refractivity contribution >= 4 is 50.6 Å². The maximum Gasteiger partial charge on any atom is 0.349 e. The van der Waals surface area contributed by atoms with E-state index in [0.717, 1.165) is 48.3 Å². The molecular formula is C32H37ClN2O7S2. The predicted molar refractivity (Wildman–Crippen MR) is 172 cm³/mol. The maximum absolute atomic E-state index is 12.9. The minimum Gasteiger partial charge on any atom is -0.479 e. The lowest BCUT2D eigenvalue weighted by atomic mass is 9.90. The lowest BCUT2D eigenvalue weighted by Gasteiger charge is -2.32. The Bertz CT molecular complexity index is 1550. The van der Waals surface area contributed by atoms with Crippen molar-refractivity contribution in [2.75, 3.05) is 31.6 Å². The number of carboxylic acid groups (broad SMARTS) is 1. The number of esters is 1. The summed E-state index contributed by atoms with van der Waals surface area (Å²) in [7, 11) is -3.40. The molecule has 0 radical (unpaired) electrons. The van der Waals surface area contributed by atoms with Crippen molar-refractivity contribution in [2.45, 2.75) is 56.7 Å². The molecule has 0 bridgehead atoms. The fraction of sp³-hybridized carbons (Fsp3) is 0.438. The second kappa shape index (κ2) is 14.8. The van der Waals surface area contributed by atoms with Crippen LogP contribution in [-0.2, 0) is 25.3 Å². The van der Waals surface area contributed by atoms with Crippen LogP contribution in [0.2, 0.25) is 5.02 Å². The van der Waals surface area contributed by atoms with Crippen LogP contribution in [0, 0.1) is 5.92 Å². The SMILES string of the molecule is O=C(COc1c(C(=O)O)sc(-c2cccc(NC3CCN(S(=O)(=O)Cc4ccccc4)CC3)c2)c1Cl)OCC1CCCCC1. The van der Waals surface area contributed by atoms with E-state index in [9.17, 15) is 23.1 Å². The van der Waals surface area contributed by atoms with Crippen molar-refractivity contribution in [3.63, 3.8) is 0 Å². The molecule has 1 aliphatic carbocycles. The highest BCUT2D eigenvalue weighted by molar-refractivity contribution is 7.88. The number of benzene rings is 2. The van der Waals surface area contributed by atoms with Gasteiger partial charge in [0.2, 0.25) is 10.0 Å². The fourth-order valence-corrected chi connectivity index (χ4v) is 8.69. The molecule has 2 aromatic carbocycles. The largest absolute Gasteiger partial charge is 0.479 e. The summed E-state index contributed by atoms with van der Waals surface area (Å²) in [6.07, 6.45) is 6.88. The standard InChI is InChI=1S/C32H37ClN2O7S2/c33-28-29(42-20-27(36)41-19-22-8-3-1-4-9-22)31(32(37)38)43-30(28)24-12-7-13-26(18-24)34-25-14-16-35(17-15-25)44(39,40)21-23-10-5-2-6-11-23/h2,5-7,10-13,18,22,25,34H,1,3-4,8-9,14-17,19-21H2,(H,37,38). The third-order valence-electron chi connectivity index (χ3n) is 8.08. The van der Waals surface area contributed by atoms with E-state index in [2.05, 4.69) is 5.32 Å². The van der Waals surface area contributed by atoms with Gasteiger partial charge in [-0.2, -0.15) is 0 Å². The summed E-state index contributed by atoms with van der Waals surface area (Å²) in [5.41, 5.74) is 2.28. The van der Waals surface area contributed by atoms with Crippen LogP contribution in [0.25, 0.3) is 10.4 Å². The van der Waals surface area contributed by atoms with Gasteiger partial charge in [-0.05, 0) is 54.9 Å². The summed E-state index contributed by atoms with van der Waals surface area (Å²) in [5.74, 6) is -1.45. The first-order chi connectivity index (χ1) is 21.2. The summed E-state index contributed by atoms with van der Waals surface area (Å²) in [4.78, 5) is 24.8. The lowest BCUT2D eigenvalue weighted by molar-refractivity contribution is -0.147. The number of halogens is 1. The number of nitrogens with zero attached hydrogens (tertiary/aromatic N) is 1. The minimum absolute atomic E-state index is 0.0127. The fourth-order valence-electron chi connectivity index (χ4n) is 5.73. The van der Waals surface area contributed by atoms with E-state index in [1.165, 1.54) is 6.42 Å². The molecule has 12 heteroatoms. The highest BCUT2D eigenvalue weighted by Crippen LogP contribution is 2.46. The molecule has 2 fully saturated rings. The van der Waals surface area contributed by atoms with Crippen molar-refractivity contribution < 1.29 is 32.6 Å². The smallest absolute Gasteiger partial charge is 0.349 e. The minimum atomic E-state index is -3.40. The van der Waals surface area contributed by atoms with Gasteiger partial charge in [0.15, 0.2) is 17.2 Å². The van der Waals surface area contributed by atoms with Gasteiger partial charge in [0.1, 0.15) is 5.02 Å². The monoisotopic (exact) mass is 660 g/mol. The van der Waals surface area contributed by atoms with E-state index < -0.39 is 28.6 Å². The zero-order chi connectivity index (χ0) is 31.1. The molecule has 0 atom stereocenters. The van der Waals surface area contributed by atoms with Crippen molar-refractivity contribution in [2.24, 2.45) is 5.92 Å². The Balaban J connectivity index is 1.19. The van der Waals surface area contributed by atoms with Gasteiger partial charge in [0.05, 0.1) is 17.2 Å². The molecule has 1 saturated heterocycles. The topological polar surface area (TPSA) is 122 Å². The molecule has 2 aliphatic rings. The number of anilines is 1. The number of rotatable bonds is 12. The molecule has 2 N–H and O–H groups in total. The number of piperidine rings is 1. The van der Waals surface area contributed by atoms with E-state index in [-0.39, 0.29) is 27.4 Å². The molecule has 2 heterocycles. The Hall–Kier alpha value is -3.12. The molecule has 0 spiro atoms. The van der Waals surface area contributed by atoms with Crippen LogP contribution in [0.3, 0.4) is 0 Å². The third kappa shape index (κ3) is 8.32. The van der Waals surface area contributed by atoms with Gasteiger partial charge in [-0.3, -0.25) is 0 Å². The van der Waals surface area contributed by atoms with E-state index in [1.54, 1.807) is 4.31 Å². The first-order valence-electron chi connectivity index (χ1n) is 14.9. The Morgan fingerprint density at radius 3 is 2.43 bits per heavy atom. The van der Waals surface area contributed by atoms with Gasteiger partial charge < -0.3 is 19.9 Å². The van der Waals surface area contributed by atoms with Crippen LogP contribution in [0.4, 0.5) is 5.69 Å². The number of aromatic carboxylic acids is 1. The number of hydrogen-bond donors (Lipinski definition) is 2. The molecule has 5 rings (SSSR count). The summed E-state index contributed by atoms with van der Waals surface area (Å²) in [6.45, 7) is 0.771. The van der Waals surface area contributed by atoms with E-state index in [4.69, 9.17) is 21.1 Å².